The van der Waals surface area contributed by atoms with Gasteiger partial charge in [-0.2, -0.15) is 5.10 Å². The van der Waals surface area contributed by atoms with Crippen LogP contribution in [0, 0.1) is 0 Å². The lowest BCUT2D eigenvalue weighted by Gasteiger charge is -2.04. The Morgan fingerprint density at radius 1 is 1.29 bits per heavy atom. The van der Waals surface area contributed by atoms with Gasteiger partial charge in [-0.1, -0.05) is 23.7 Å². The van der Waals surface area contributed by atoms with Crippen LogP contribution >= 0.6 is 11.6 Å². The van der Waals surface area contributed by atoms with Gasteiger partial charge in [0, 0.05) is 18.5 Å². The zero-order valence-electron chi connectivity index (χ0n) is 11.6. The molecule has 0 saturated heterocycles. The van der Waals surface area contributed by atoms with Crippen molar-refractivity contribution < 1.29 is 9.59 Å². The van der Waals surface area contributed by atoms with E-state index in [-0.39, 0.29) is 17.4 Å². The number of hydrogen-bond donors (Lipinski definition) is 2. The summed E-state index contributed by atoms with van der Waals surface area (Å²) in [4.78, 5) is 22.9. The van der Waals surface area contributed by atoms with E-state index in [1.807, 2.05) is 24.3 Å². The Kier molecular flexibility index (Phi) is 5.11. The molecule has 1 aromatic carbocycles. The van der Waals surface area contributed by atoms with E-state index in [1.54, 1.807) is 0 Å². The summed E-state index contributed by atoms with van der Waals surface area (Å²) in [5, 5.41) is 9.83. The van der Waals surface area contributed by atoms with E-state index in [0.717, 1.165) is 12.8 Å². The summed E-state index contributed by atoms with van der Waals surface area (Å²) in [7, 11) is 0. The Hall–Kier alpha value is -2.14. The van der Waals surface area contributed by atoms with Crippen LogP contribution in [-0.2, 0) is 6.42 Å². The van der Waals surface area contributed by atoms with Crippen LogP contribution in [0.3, 0.4) is 0 Å². The van der Waals surface area contributed by atoms with Crippen molar-refractivity contribution in [3.63, 3.8) is 0 Å². The fraction of sp³-hybridized carbons (Fsp3) is 0.267. The number of aromatic amines is 1. The van der Waals surface area contributed by atoms with E-state index in [4.69, 9.17) is 11.6 Å². The summed E-state index contributed by atoms with van der Waals surface area (Å²) >= 11 is 5.82. The van der Waals surface area contributed by atoms with Crippen molar-refractivity contribution in [2.24, 2.45) is 0 Å². The van der Waals surface area contributed by atoms with Crippen LogP contribution < -0.4 is 5.32 Å². The highest BCUT2D eigenvalue weighted by Gasteiger charge is 2.11. The number of Topliss-reactive ketones (excluding diaryl/α,β-unsaturated/α-hetero) is 1. The third-order valence-corrected chi connectivity index (χ3v) is 3.28. The van der Waals surface area contributed by atoms with Crippen LogP contribution in [0.4, 0.5) is 0 Å². The lowest BCUT2D eigenvalue weighted by Crippen LogP contribution is -2.25. The molecule has 5 nitrogen and oxygen atoms in total. The average Bonchev–Trinajstić information content (AvgIpc) is 2.95. The molecule has 0 spiro atoms. The normalized spacial score (nSPS) is 10.4. The van der Waals surface area contributed by atoms with Crippen LogP contribution in [0.15, 0.2) is 30.3 Å². The maximum absolute atomic E-state index is 11.8. The van der Waals surface area contributed by atoms with E-state index in [0.29, 0.717) is 17.3 Å². The van der Waals surface area contributed by atoms with Crippen LogP contribution in [0.2, 0.25) is 5.02 Å². The first-order valence-corrected chi connectivity index (χ1v) is 7.03. The van der Waals surface area contributed by atoms with Crippen LogP contribution in [0.5, 0.6) is 0 Å². The molecule has 6 heteroatoms. The molecule has 21 heavy (non-hydrogen) atoms. The highest BCUT2D eigenvalue weighted by atomic mass is 35.5. The van der Waals surface area contributed by atoms with E-state index in [1.165, 1.54) is 18.6 Å². The Morgan fingerprint density at radius 3 is 2.62 bits per heavy atom. The van der Waals surface area contributed by atoms with Gasteiger partial charge in [0.1, 0.15) is 11.4 Å². The lowest BCUT2D eigenvalue weighted by atomic mass is 10.1. The molecular weight excluding hydrogens is 290 g/mol. The molecule has 1 amide bonds. The summed E-state index contributed by atoms with van der Waals surface area (Å²) in [6, 6.07) is 9.10. The highest BCUT2D eigenvalue weighted by Crippen LogP contribution is 2.10. The summed E-state index contributed by atoms with van der Waals surface area (Å²) in [6.07, 6.45) is 1.68. The minimum absolute atomic E-state index is 0.173. The van der Waals surface area contributed by atoms with Gasteiger partial charge in [-0.05, 0) is 36.6 Å². The number of amides is 1. The zero-order valence-corrected chi connectivity index (χ0v) is 12.4. The maximum Gasteiger partial charge on any atom is 0.269 e. The lowest BCUT2D eigenvalue weighted by molar-refractivity contribution is 0.0947. The SMILES string of the molecule is CC(=O)c1cc(C(=O)NCCCc2ccc(Cl)cc2)[nH]n1. The number of halogens is 1. The molecule has 0 atom stereocenters. The first-order chi connectivity index (χ1) is 10.1. The second-order valence-corrected chi connectivity index (χ2v) is 5.15. The molecule has 0 radical (unpaired) electrons. The third kappa shape index (κ3) is 4.43. The maximum atomic E-state index is 11.8. The quantitative estimate of drug-likeness (QED) is 0.636. The Labute approximate surface area is 127 Å². The third-order valence-electron chi connectivity index (χ3n) is 3.02. The van der Waals surface area contributed by atoms with Gasteiger partial charge in [0.2, 0.25) is 0 Å². The Balaban J connectivity index is 1.76. The summed E-state index contributed by atoms with van der Waals surface area (Å²) in [6.45, 7) is 1.96. The van der Waals surface area contributed by atoms with Crippen LogP contribution in [-0.4, -0.2) is 28.4 Å². The van der Waals surface area contributed by atoms with Gasteiger partial charge in [-0.25, -0.2) is 0 Å². The van der Waals surface area contributed by atoms with Gasteiger partial charge < -0.3 is 5.32 Å². The van der Waals surface area contributed by atoms with E-state index < -0.39 is 0 Å². The minimum Gasteiger partial charge on any atom is -0.351 e. The number of H-pyrrole nitrogens is 1. The van der Waals surface area contributed by atoms with Crippen LogP contribution in [0.1, 0.15) is 39.9 Å². The molecule has 0 aliphatic heterocycles. The second-order valence-electron chi connectivity index (χ2n) is 4.71. The van der Waals surface area contributed by atoms with Gasteiger partial charge >= 0.3 is 0 Å². The number of aryl methyl sites for hydroxylation is 1. The minimum atomic E-state index is -0.258. The number of nitrogens with zero attached hydrogens (tertiary/aromatic N) is 1. The molecule has 0 saturated carbocycles. The van der Waals surface area contributed by atoms with Crippen molar-refractivity contribution in [3.8, 4) is 0 Å². The van der Waals surface area contributed by atoms with Gasteiger partial charge in [0.05, 0.1) is 0 Å². The zero-order chi connectivity index (χ0) is 15.2. The fourth-order valence-electron chi connectivity index (χ4n) is 1.86. The van der Waals surface area contributed by atoms with E-state index in [9.17, 15) is 9.59 Å². The highest BCUT2D eigenvalue weighted by molar-refractivity contribution is 6.30. The van der Waals surface area contributed by atoms with Crippen molar-refractivity contribution in [3.05, 3.63) is 52.3 Å². The fourth-order valence-corrected chi connectivity index (χ4v) is 1.99. The number of ketones is 1. The summed E-state index contributed by atoms with van der Waals surface area (Å²) in [5.41, 5.74) is 1.74. The summed E-state index contributed by atoms with van der Waals surface area (Å²) in [5.74, 6) is -0.431. The van der Waals surface area contributed by atoms with Gasteiger partial charge in [-0.15, -0.1) is 0 Å². The monoisotopic (exact) mass is 305 g/mol. The topological polar surface area (TPSA) is 74.8 Å². The second kappa shape index (κ2) is 7.04. The smallest absolute Gasteiger partial charge is 0.269 e. The Morgan fingerprint density at radius 2 is 2.00 bits per heavy atom. The van der Waals surface area contributed by atoms with Crippen molar-refractivity contribution in [1.82, 2.24) is 15.5 Å². The van der Waals surface area contributed by atoms with E-state index in [2.05, 4.69) is 15.5 Å². The van der Waals surface area contributed by atoms with Gasteiger partial charge in [0.25, 0.3) is 5.91 Å². The molecule has 2 N–H and O–H groups in total. The molecule has 0 bridgehead atoms. The number of carbonyl (C=O) groups is 2. The molecule has 1 aromatic heterocycles. The first-order valence-electron chi connectivity index (χ1n) is 6.65. The number of hydrogen-bond acceptors (Lipinski definition) is 3. The molecule has 0 unspecified atom stereocenters. The van der Waals surface area contributed by atoms with Crippen LogP contribution in [0.25, 0.3) is 0 Å². The molecule has 110 valence electrons. The largest absolute Gasteiger partial charge is 0.351 e. The number of rotatable bonds is 6. The average molecular weight is 306 g/mol. The first kappa shape index (κ1) is 15.3. The van der Waals surface area contributed by atoms with Crippen molar-refractivity contribution in [2.75, 3.05) is 6.54 Å². The molecule has 1 heterocycles. The number of benzene rings is 1. The summed E-state index contributed by atoms with van der Waals surface area (Å²) < 4.78 is 0. The number of aromatic nitrogens is 2. The molecule has 2 aromatic rings. The number of nitrogens with one attached hydrogen (secondary N) is 2. The van der Waals surface area contributed by atoms with Crippen molar-refractivity contribution in [2.45, 2.75) is 19.8 Å². The predicted molar refractivity (Wildman–Crippen MR) is 80.7 cm³/mol. The number of carbonyl (C=O) groups excluding carboxylic acids is 2. The molecule has 2 rings (SSSR count). The molecule has 0 aliphatic rings. The molecular formula is C15H16ClN3O2. The predicted octanol–water partition coefficient (Wildman–Crippen LogP) is 2.63. The van der Waals surface area contributed by atoms with Crippen molar-refractivity contribution >= 4 is 23.3 Å². The van der Waals surface area contributed by atoms with Gasteiger partial charge in [-0.3, -0.25) is 14.7 Å². The standard InChI is InChI=1S/C15H16ClN3O2/c1-10(20)13-9-14(19-18-13)15(21)17-8-2-3-11-4-6-12(16)7-5-11/h4-7,9H,2-3,8H2,1H3,(H,17,21)(H,18,19). The molecule has 0 aliphatic carbocycles. The van der Waals surface area contributed by atoms with Gasteiger partial charge in [0.15, 0.2) is 5.78 Å². The van der Waals surface area contributed by atoms with Crippen molar-refractivity contribution in [1.29, 1.82) is 0 Å². The molecule has 0 fully saturated rings. The van der Waals surface area contributed by atoms with E-state index >= 15 is 0 Å². The Bertz CT molecular complexity index is 635.